The van der Waals surface area contributed by atoms with E-state index in [0.29, 0.717) is 19.6 Å². The molecule has 2 rings (SSSR count). The highest BCUT2D eigenvalue weighted by atomic mass is 35.5. The number of hydrogen-bond donors (Lipinski definition) is 1. The van der Waals surface area contributed by atoms with Gasteiger partial charge in [-0.25, -0.2) is 8.78 Å². The fourth-order valence-corrected chi connectivity index (χ4v) is 1.85. The Hall–Kier alpha value is -0.420. The van der Waals surface area contributed by atoms with Crippen molar-refractivity contribution in [2.75, 3.05) is 19.6 Å². The second-order valence-electron chi connectivity index (χ2n) is 4.10. The summed E-state index contributed by atoms with van der Waals surface area (Å²) >= 11 is 0. The standard InChI is InChI=1S/C9H14F2N2O.ClH/c1-6-5-12-2-3-13(6)8(14)7-4-9(7,10)11;/h6-7,12H,2-5H2,1H3;1H. The Morgan fingerprint density at radius 3 is 2.60 bits per heavy atom. The third-order valence-electron chi connectivity index (χ3n) is 2.91. The van der Waals surface area contributed by atoms with Crippen LogP contribution in [0.4, 0.5) is 8.78 Å². The zero-order valence-corrected chi connectivity index (χ0v) is 9.32. The molecule has 1 amide bonds. The number of nitrogens with zero attached hydrogens (tertiary/aromatic N) is 1. The number of rotatable bonds is 1. The summed E-state index contributed by atoms with van der Waals surface area (Å²) in [6.45, 7) is 3.83. The van der Waals surface area contributed by atoms with Crippen molar-refractivity contribution in [3.8, 4) is 0 Å². The van der Waals surface area contributed by atoms with E-state index in [0.717, 1.165) is 0 Å². The van der Waals surface area contributed by atoms with Gasteiger partial charge in [0.25, 0.3) is 5.92 Å². The minimum atomic E-state index is -2.73. The second kappa shape index (κ2) is 4.22. The first-order chi connectivity index (χ1) is 6.52. The molecule has 1 N–H and O–H groups in total. The maximum Gasteiger partial charge on any atom is 0.260 e. The van der Waals surface area contributed by atoms with Crippen molar-refractivity contribution in [2.45, 2.75) is 25.3 Å². The van der Waals surface area contributed by atoms with Gasteiger partial charge in [0.05, 0.1) is 0 Å². The predicted octanol–water partition coefficient (Wildman–Crippen LogP) is 0.884. The van der Waals surface area contributed by atoms with Crippen molar-refractivity contribution in [2.24, 2.45) is 5.92 Å². The summed E-state index contributed by atoms with van der Waals surface area (Å²) < 4.78 is 25.3. The maximum atomic E-state index is 12.7. The number of halogens is 3. The maximum absolute atomic E-state index is 12.7. The molecular formula is C9H15ClF2N2O. The molecule has 2 fully saturated rings. The van der Waals surface area contributed by atoms with Gasteiger partial charge in [-0.2, -0.15) is 0 Å². The minimum absolute atomic E-state index is 0. The average molecular weight is 241 g/mol. The molecule has 2 aliphatic rings. The monoisotopic (exact) mass is 240 g/mol. The molecule has 0 aromatic carbocycles. The molecule has 1 heterocycles. The van der Waals surface area contributed by atoms with Gasteiger partial charge in [-0.15, -0.1) is 12.4 Å². The fourth-order valence-electron chi connectivity index (χ4n) is 1.85. The highest BCUT2D eigenvalue weighted by Crippen LogP contribution is 2.49. The molecule has 6 heteroatoms. The summed E-state index contributed by atoms with van der Waals surface area (Å²) in [5.74, 6) is -4.14. The van der Waals surface area contributed by atoms with Crippen molar-refractivity contribution in [1.82, 2.24) is 10.2 Å². The lowest BCUT2D eigenvalue weighted by atomic mass is 10.2. The van der Waals surface area contributed by atoms with Gasteiger partial charge in [-0.1, -0.05) is 0 Å². The number of carbonyl (C=O) groups excluding carboxylic acids is 1. The highest BCUT2D eigenvalue weighted by Gasteiger charge is 2.62. The topological polar surface area (TPSA) is 32.3 Å². The lowest BCUT2D eigenvalue weighted by Crippen LogP contribution is -2.53. The number of nitrogens with one attached hydrogen (secondary N) is 1. The lowest BCUT2D eigenvalue weighted by molar-refractivity contribution is -0.137. The first-order valence-corrected chi connectivity index (χ1v) is 4.91. The number of amides is 1. The van der Waals surface area contributed by atoms with Gasteiger partial charge >= 0.3 is 0 Å². The van der Waals surface area contributed by atoms with Crippen LogP contribution in [0.25, 0.3) is 0 Å². The molecule has 1 aliphatic heterocycles. The van der Waals surface area contributed by atoms with E-state index in [-0.39, 0.29) is 30.8 Å². The molecule has 1 saturated carbocycles. The molecule has 2 atom stereocenters. The van der Waals surface area contributed by atoms with Crippen LogP contribution in [-0.4, -0.2) is 42.4 Å². The van der Waals surface area contributed by atoms with Crippen molar-refractivity contribution < 1.29 is 13.6 Å². The Balaban J connectivity index is 0.00000112. The molecule has 0 aromatic heterocycles. The molecule has 2 unspecified atom stereocenters. The Labute approximate surface area is 93.6 Å². The van der Waals surface area contributed by atoms with Gasteiger partial charge in [0, 0.05) is 32.1 Å². The Bertz CT molecular complexity index is 262. The van der Waals surface area contributed by atoms with Crippen molar-refractivity contribution in [1.29, 1.82) is 0 Å². The van der Waals surface area contributed by atoms with Gasteiger partial charge in [-0.05, 0) is 6.92 Å². The van der Waals surface area contributed by atoms with E-state index >= 15 is 0 Å². The van der Waals surface area contributed by atoms with Crippen LogP contribution in [0.3, 0.4) is 0 Å². The van der Waals surface area contributed by atoms with Crippen LogP contribution in [0.2, 0.25) is 0 Å². The van der Waals surface area contributed by atoms with Crippen LogP contribution in [0.1, 0.15) is 13.3 Å². The van der Waals surface area contributed by atoms with E-state index in [9.17, 15) is 13.6 Å². The van der Waals surface area contributed by atoms with Gasteiger partial charge in [-0.3, -0.25) is 4.79 Å². The van der Waals surface area contributed by atoms with Gasteiger partial charge in [0.2, 0.25) is 5.91 Å². The largest absolute Gasteiger partial charge is 0.337 e. The molecule has 0 radical (unpaired) electrons. The SMILES string of the molecule is CC1CNCCN1C(=O)C1CC1(F)F.Cl. The van der Waals surface area contributed by atoms with Crippen molar-refractivity contribution in [3.63, 3.8) is 0 Å². The molecular weight excluding hydrogens is 226 g/mol. The van der Waals surface area contributed by atoms with Gasteiger partial charge in [0.1, 0.15) is 5.92 Å². The summed E-state index contributed by atoms with van der Waals surface area (Å²) in [6, 6.07) is 0.0349. The third kappa shape index (κ3) is 2.39. The summed E-state index contributed by atoms with van der Waals surface area (Å²) in [7, 11) is 0. The van der Waals surface area contributed by atoms with Crippen LogP contribution in [-0.2, 0) is 4.79 Å². The van der Waals surface area contributed by atoms with Crippen molar-refractivity contribution in [3.05, 3.63) is 0 Å². The molecule has 0 spiro atoms. The quantitative estimate of drug-likeness (QED) is 0.738. The lowest BCUT2D eigenvalue weighted by Gasteiger charge is -2.34. The van der Waals surface area contributed by atoms with E-state index in [1.807, 2.05) is 6.92 Å². The first-order valence-electron chi connectivity index (χ1n) is 4.91. The van der Waals surface area contributed by atoms with Crippen LogP contribution < -0.4 is 5.32 Å². The molecule has 1 saturated heterocycles. The van der Waals surface area contributed by atoms with Crippen molar-refractivity contribution >= 4 is 18.3 Å². The molecule has 3 nitrogen and oxygen atoms in total. The Morgan fingerprint density at radius 1 is 1.53 bits per heavy atom. The zero-order valence-electron chi connectivity index (χ0n) is 8.50. The number of piperazine rings is 1. The van der Waals surface area contributed by atoms with Crippen LogP contribution >= 0.6 is 12.4 Å². The fraction of sp³-hybridized carbons (Fsp3) is 0.889. The first kappa shape index (κ1) is 12.6. The normalized spacial score (nSPS) is 33.1. The highest BCUT2D eigenvalue weighted by molar-refractivity contribution is 5.85. The average Bonchev–Trinajstić information content (AvgIpc) is 2.75. The Kier molecular flexibility index (Phi) is 3.55. The molecule has 0 bridgehead atoms. The summed E-state index contributed by atoms with van der Waals surface area (Å²) in [4.78, 5) is 13.2. The predicted molar refractivity (Wildman–Crippen MR) is 54.3 cm³/mol. The molecule has 1 aliphatic carbocycles. The van der Waals surface area contributed by atoms with E-state index < -0.39 is 11.8 Å². The summed E-state index contributed by atoms with van der Waals surface area (Å²) in [5.41, 5.74) is 0. The number of alkyl halides is 2. The summed E-state index contributed by atoms with van der Waals surface area (Å²) in [6.07, 6.45) is -0.261. The smallest absolute Gasteiger partial charge is 0.260 e. The number of carbonyl (C=O) groups is 1. The van der Waals surface area contributed by atoms with E-state index in [1.54, 1.807) is 4.90 Å². The van der Waals surface area contributed by atoms with Crippen LogP contribution in [0, 0.1) is 5.92 Å². The molecule has 88 valence electrons. The van der Waals surface area contributed by atoms with E-state index in [4.69, 9.17) is 0 Å². The second-order valence-corrected chi connectivity index (χ2v) is 4.10. The van der Waals surface area contributed by atoms with E-state index in [1.165, 1.54) is 0 Å². The third-order valence-corrected chi connectivity index (χ3v) is 2.91. The Morgan fingerprint density at radius 2 is 2.13 bits per heavy atom. The van der Waals surface area contributed by atoms with Gasteiger partial charge in [0.15, 0.2) is 0 Å². The minimum Gasteiger partial charge on any atom is -0.337 e. The van der Waals surface area contributed by atoms with E-state index in [2.05, 4.69) is 5.32 Å². The molecule has 0 aromatic rings. The number of hydrogen-bond acceptors (Lipinski definition) is 2. The zero-order chi connectivity index (χ0) is 10.3. The van der Waals surface area contributed by atoms with Gasteiger partial charge < -0.3 is 10.2 Å². The van der Waals surface area contributed by atoms with Crippen LogP contribution in [0.15, 0.2) is 0 Å². The molecule has 15 heavy (non-hydrogen) atoms. The summed E-state index contributed by atoms with van der Waals surface area (Å²) in [5, 5.41) is 3.12. The van der Waals surface area contributed by atoms with Crippen LogP contribution in [0.5, 0.6) is 0 Å².